The van der Waals surface area contributed by atoms with E-state index in [0.29, 0.717) is 0 Å². The first-order chi connectivity index (χ1) is 11.5. The van der Waals surface area contributed by atoms with Crippen molar-refractivity contribution in [1.29, 1.82) is 0 Å². The first kappa shape index (κ1) is 22.9. The van der Waals surface area contributed by atoms with Crippen molar-refractivity contribution in [3.8, 4) is 0 Å². The quantitative estimate of drug-likeness (QED) is 0.288. The highest BCUT2D eigenvalue weighted by Crippen LogP contribution is 2.12. The molecule has 0 aliphatic rings. The van der Waals surface area contributed by atoms with Gasteiger partial charge in [0.15, 0.2) is 0 Å². The van der Waals surface area contributed by atoms with Crippen LogP contribution in [0.25, 0.3) is 0 Å². The lowest BCUT2D eigenvalue weighted by atomic mass is 10.1. The van der Waals surface area contributed by atoms with Crippen molar-refractivity contribution in [2.75, 3.05) is 0 Å². The molecule has 0 aromatic heterocycles. The van der Waals surface area contributed by atoms with Crippen LogP contribution >= 0.6 is 0 Å². The Morgan fingerprint density at radius 3 is 1.92 bits per heavy atom. The Hall–Kier alpha value is -1.06. The van der Waals surface area contributed by atoms with Gasteiger partial charge in [0.2, 0.25) is 0 Å². The Morgan fingerprint density at radius 1 is 0.750 bits per heavy atom. The fourth-order valence-electron chi connectivity index (χ4n) is 2.67. The molecule has 0 heterocycles. The molecule has 0 aliphatic carbocycles. The van der Waals surface area contributed by atoms with E-state index in [9.17, 15) is 9.59 Å². The summed E-state index contributed by atoms with van der Waals surface area (Å²) < 4.78 is 10.7. The number of hydrogen-bond acceptors (Lipinski definition) is 4. The predicted molar refractivity (Wildman–Crippen MR) is 97.9 cm³/mol. The van der Waals surface area contributed by atoms with Crippen LogP contribution in [0, 0.1) is 0 Å². The van der Waals surface area contributed by atoms with Gasteiger partial charge in [0.25, 0.3) is 0 Å². The van der Waals surface area contributed by atoms with Crippen LogP contribution in [0.1, 0.15) is 105 Å². The third-order valence-corrected chi connectivity index (χ3v) is 4.19. The summed E-state index contributed by atoms with van der Waals surface area (Å²) in [6.45, 7) is 8.21. The van der Waals surface area contributed by atoms with E-state index in [4.69, 9.17) is 9.47 Å². The number of hydrogen-bond donors (Lipinski definition) is 0. The Kier molecular flexibility index (Phi) is 14.8. The lowest BCUT2D eigenvalue weighted by molar-refractivity contribution is -0.156. The lowest BCUT2D eigenvalue weighted by Crippen LogP contribution is -2.20. The summed E-state index contributed by atoms with van der Waals surface area (Å²) in [6.07, 6.45) is 11.1. The standard InChI is InChI=1S/C20H38O4/c1-5-8-9-10-11-12-14-17(4)23-19(21)15-16-20(22)24-18(7-3)13-6-2/h17-18H,5-16H2,1-4H3. The summed E-state index contributed by atoms with van der Waals surface area (Å²) in [5.41, 5.74) is 0. The van der Waals surface area contributed by atoms with E-state index < -0.39 is 0 Å². The van der Waals surface area contributed by atoms with E-state index in [1.54, 1.807) is 0 Å². The van der Waals surface area contributed by atoms with Crippen LogP contribution in [0.4, 0.5) is 0 Å². The van der Waals surface area contributed by atoms with Crippen LogP contribution in [0.2, 0.25) is 0 Å². The minimum atomic E-state index is -0.297. The summed E-state index contributed by atoms with van der Waals surface area (Å²) >= 11 is 0. The van der Waals surface area contributed by atoms with Crippen LogP contribution in [0.15, 0.2) is 0 Å². The molecule has 4 nitrogen and oxygen atoms in total. The van der Waals surface area contributed by atoms with Crippen molar-refractivity contribution in [3.63, 3.8) is 0 Å². The Bertz CT molecular complexity index is 328. The topological polar surface area (TPSA) is 52.6 Å². The van der Waals surface area contributed by atoms with Gasteiger partial charge in [0, 0.05) is 0 Å². The molecule has 0 aliphatic heterocycles. The molecule has 0 rings (SSSR count). The molecule has 2 unspecified atom stereocenters. The molecule has 0 bridgehead atoms. The van der Waals surface area contributed by atoms with Gasteiger partial charge in [0.05, 0.1) is 18.9 Å². The molecule has 0 aromatic rings. The van der Waals surface area contributed by atoms with Crippen LogP contribution < -0.4 is 0 Å². The maximum absolute atomic E-state index is 11.8. The minimum Gasteiger partial charge on any atom is -0.463 e. The molecule has 2 atom stereocenters. The zero-order chi connectivity index (χ0) is 18.2. The zero-order valence-electron chi connectivity index (χ0n) is 16.3. The summed E-state index contributed by atoms with van der Waals surface area (Å²) in [5.74, 6) is -0.593. The molecule has 142 valence electrons. The van der Waals surface area contributed by atoms with E-state index in [1.807, 2.05) is 13.8 Å². The summed E-state index contributed by atoms with van der Waals surface area (Å²) in [5, 5.41) is 0. The van der Waals surface area contributed by atoms with Gasteiger partial charge in [-0.1, -0.05) is 59.3 Å². The highest BCUT2D eigenvalue weighted by Gasteiger charge is 2.15. The number of ether oxygens (including phenoxy) is 2. The first-order valence-electron chi connectivity index (χ1n) is 9.92. The molecule has 0 N–H and O–H groups in total. The number of rotatable bonds is 15. The fourth-order valence-corrected chi connectivity index (χ4v) is 2.67. The van der Waals surface area contributed by atoms with Crippen molar-refractivity contribution < 1.29 is 19.1 Å². The fraction of sp³-hybridized carbons (Fsp3) is 0.900. The van der Waals surface area contributed by atoms with Crippen LogP contribution in [-0.4, -0.2) is 24.1 Å². The molecular formula is C20H38O4. The second-order valence-corrected chi connectivity index (χ2v) is 6.67. The van der Waals surface area contributed by atoms with Gasteiger partial charge in [0.1, 0.15) is 6.10 Å². The Balaban J connectivity index is 3.74. The summed E-state index contributed by atoms with van der Waals surface area (Å²) in [7, 11) is 0. The maximum Gasteiger partial charge on any atom is 0.306 e. The number of esters is 2. The van der Waals surface area contributed by atoms with Crippen molar-refractivity contribution in [2.45, 2.75) is 117 Å². The van der Waals surface area contributed by atoms with Crippen molar-refractivity contribution in [1.82, 2.24) is 0 Å². The van der Waals surface area contributed by atoms with Gasteiger partial charge in [-0.05, 0) is 32.6 Å². The first-order valence-corrected chi connectivity index (χ1v) is 9.92. The molecule has 0 spiro atoms. The predicted octanol–water partition coefficient (Wildman–Crippen LogP) is 5.57. The van der Waals surface area contributed by atoms with Gasteiger partial charge in [-0.25, -0.2) is 0 Å². The molecule has 0 fully saturated rings. The molecule has 0 saturated heterocycles. The number of carbonyl (C=O) groups is 2. The molecule has 0 aromatic carbocycles. The molecule has 24 heavy (non-hydrogen) atoms. The van der Waals surface area contributed by atoms with Gasteiger partial charge in [-0.15, -0.1) is 0 Å². The smallest absolute Gasteiger partial charge is 0.306 e. The third-order valence-electron chi connectivity index (χ3n) is 4.19. The van der Waals surface area contributed by atoms with Gasteiger partial charge in [-0.3, -0.25) is 9.59 Å². The molecule has 0 radical (unpaired) electrons. The number of carbonyl (C=O) groups excluding carboxylic acids is 2. The van der Waals surface area contributed by atoms with Gasteiger partial charge >= 0.3 is 11.9 Å². The molecule has 4 heteroatoms. The molecular weight excluding hydrogens is 304 g/mol. The monoisotopic (exact) mass is 342 g/mol. The largest absolute Gasteiger partial charge is 0.463 e. The second kappa shape index (κ2) is 15.5. The van der Waals surface area contributed by atoms with E-state index in [1.165, 1.54) is 32.1 Å². The third kappa shape index (κ3) is 13.4. The average molecular weight is 343 g/mol. The lowest BCUT2D eigenvalue weighted by Gasteiger charge is -2.16. The maximum atomic E-state index is 11.8. The summed E-state index contributed by atoms with van der Waals surface area (Å²) in [4.78, 5) is 23.5. The van der Waals surface area contributed by atoms with Gasteiger partial charge < -0.3 is 9.47 Å². The average Bonchev–Trinajstić information content (AvgIpc) is 2.55. The van der Waals surface area contributed by atoms with Crippen molar-refractivity contribution in [3.05, 3.63) is 0 Å². The Labute approximate surface area is 148 Å². The van der Waals surface area contributed by atoms with Gasteiger partial charge in [-0.2, -0.15) is 0 Å². The van der Waals surface area contributed by atoms with E-state index >= 15 is 0 Å². The summed E-state index contributed by atoms with van der Waals surface area (Å²) in [6, 6.07) is 0. The van der Waals surface area contributed by atoms with Crippen LogP contribution in [0.3, 0.4) is 0 Å². The number of unbranched alkanes of at least 4 members (excludes halogenated alkanes) is 5. The molecule has 0 amide bonds. The Morgan fingerprint density at radius 2 is 1.33 bits per heavy atom. The van der Waals surface area contributed by atoms with E-state index in [2.05, 4.69) is 13.8 Å². The van der Waals surface area contributed by atoms with E-state index in [0.717, 1.165) is 32.1 Å². The minimum absolute atomic E-state index is 0.0230. The molecule has 0 saturated carbocycles. The highest BCUT2D eigenvalue weighted by molar-refractivity contribution is 5.77. The van der Waals surface area contributed by atoms with Crippen LogP contribution in [0.5, 0.6) is 0 Å². The highest BCUT2D eigenvalue weighted by atomic mass is 16.5. The van der Waals surface area contributed by atoms with E-state index in [-0.39, 0.29) is 37.0 Å². The second-order valence-electron chi connectivity index (χ2n) is 6.67. The van der Waals surface area contributed by atoms with Crippen molar-refractivity contribution >= 4 is 11.9 Å². The van der Waals surface area contributed by atoms with Crippen molar-refractivity contribution in [2.24, 2.45) is 0 Å². The SMILES string of the molecule is CCCCCCCCC(C)OC(=O)CCC(=O)OC(CC)CCC. The normalized spacial score (nSPS) is 13.3. The van der Waals surface area contributed by atoms with Crippen LogP contribution in [-0.2, 0) is 19.1 Å². The zero-order valence-corrected chi connectivity index (χ0v) is 16.3.